The van der Waals surface area contributed by atoms with Gasteiger partial charge in [0, 0.05) is 14.2 Å². The van der Waals surface area contributed by atoms with Crippen molar-refractivity contribution in [2.75, 3.05) is 437 Å². The molecule has 796 valence electrons. The Kier molecular flexibility index (Phi) is 176. The highest BCUT2D eigenvalue weighted by atomic mass is 17.3. The van der Waals surface area contributed by atoms with E-state index in [1.165, 1.54) is 0 Å². The molecule has 130 heavy (non-hydrogen) atoms. The Hall–Kier alpha value is -2.56. The normalized spacial score (nSPS) is 10.9. The highest BCUT2D eigenvalue weighted by Crippen LogP contribution is 1.96. The number of ether oxygens (including phenoxy) is 2. The number of hydrogen-bond acceptors (Lipinski definition) is 64. The molecule has 0 heterocycles. The van der Waals surface area contributed by atoms with E-state index in [-0.39, 0.29) is 396 Å². The lowest BCUT2D eigenvalue weighted by atomic mass is 10.8. The summed E-state index contributed by atoms with van der Waals surface area (Å²) in [7, 11) is 3.12. The van der Waals surface area contributed by atoms with Crippen molar-refractivity contribution in [3.05, 3.63) is 0 Å². The van der Waals surface area contributed by atoms with Crippen molar-refractivity contribution in [2.24, 2.45) is 0 Å². The molecule has 0 atom stereocenters. The summed E-state index contributed by atoms with van der Waals surface area (Å²) in [5.41, 5.74) is 0. The lowest BCUT2D eigenvalue weighted by Crippen LogP contribution is -2.14. The van der Waals surface area contributed by atoms with Gasteiger partial charge in [-0.3, -0.25) is 0 Å². The van der Waals surface area contributed by atoms with Crippen molar-refractivity contribution in [2.45, 2.75) is 0 Å². The molecule has 64 nitrogen and oxygen atoms in total. The van der Waals surface area contributed by atoms with E-state index in [4.69, 9.17) is 316 Å². The molecule has 0 aromatic rings. The third-order valence-electron chi connectivity index (χ3n) is 9.19. The Morgan fingerprint density at radius 2 is 0.115 bits per heavy atom. The number of aliphatic hydroxyl groups excluding tert-OH is 14. The molecular formula is C66H148O64. The van der Waals surface area contributed by atoms with Crippen LogP contribution in [0.2, 0.25) is 0 Å². The van der Waals surface area contributed by atoms with E-state index in [9.17, 15) is 0 Å². The van der Waals surface area contributed by atoms with Gasteiger partial charge < -0.3 is 81.0 Å². The first kappa shape index (κ1) is 143. The molecule has 0 saturated heterocycles. The zero-order valence-corrected chi connectivity index (χ0v) is 73.9. The summed E-state index contributed by atoms with van der Waals surface area (Å²) in [4.78, 5) is 235. The first-order chi connectivity index (χ1) is 64.3. The minimum absolute atomic E-state index is 0.0809. The highest BCUT2D eigenvalue weighted by Gasteiger charge is 2.05. The first-order valence-electron chi connectivity index (χ1n) is 39.7. The number of aliphatic hydroxyl groups is 14. The van der Waals surface area contributed by atoms with Crippen LogP contribution in [-0.4, -0.2) is 509 Å². The smallest absolute Gasteiger partial charge is 0.109 e. The van der Waals surface area contributed by atoms with E-state index >= 15 is 0 Å². The van der Waals surface area contributed by atoms with Gasteiger partial charge in [0.25, 0.3) is 0 Å². The highest BCUT2D eigenvalue weighted by molar-refractivity contribution is 4.32. The van der Waals surface area contributed by atoms with E-state index in [2.05, 4.69) is 0 Å². The van der Waals surface area contributed by atoms with Crippen molar-refractivity contribution in [3.63, 3.8) is 0 Å². The molecule has 0 bridgehead atoms. The summed E-state index contributed by atoms with van der Waals surface area (Å²) in [6.07, 6.45) is 0. The second-order valence-corrected chi connectivity index (χ2v) is 19.6. The monoisotopic (exact) mass is 1960 g/mol. The van der Waals surface area contributed by atoms with E-state index < -0.39 is 0 Å². The minimum atomic E-state index is -0.125. The second kappa shape index (κ2) is 160. The third kappa shape index (κ3) is 182. The fraction of sp³-hybridized carbons (Fsp3) is 1.00. The van der Waals surface area contributed by atoms with Gasteiger partial charge in [0.2, 0.25) is 0 Å². The van der Waals surface area contributed by atoms with Crippen molar-refractivity contribution >= 4 is 0 Å². The molecule has 0 radical (unpaired) electrons. The van der Waals surface area contributed by atoms with E-state index in [1.807, 2.05) is 0 Å². The van der Waals surface area contributed by atoms with Gasteiger partial charge in [-0.25, -0.2) is 235 Å². The Labute approximate surface area is 751 Å². The van der Waals surface area contributed by atoms with Crippen LogP contribution in [0.15, 0.2) is 0 Å². The second-order valence-electron chi connectivity index (χ2n) is 19.6. The molecular weight excluding hydrogens is 1820 g/mol. The number of hydrogen-bond donors (Lipinski definition) is 14. The van der Waals surface area contributed by atoms with Gasteiger partial charge >= 0.3 is 0 Å². The minimum Gasteiger partial charge on any atom is -0.394 e. The molecule has 64 heteroatoms. The van der Waals surface area contributed by atoms with Gasteiger partial charge in [0.05, 0.1) is 106 Å². The van der Waals surface area contributed by atoms with Crippen LogP contribution in [0.5, 0.6) is 0 Å². The van der Waals surface area contributed by atoms with Crippen LogP contribution < -0.4 is 0 Å². The van der Waals surface area contributed by atoms with Crippen LogP contribution in [-0.2, 0) is 244 Å². The molecule has 0 aliphatic carbocycles. The Morgan fingerprint density at radius 3 is 0.146 bits per heavy atom. The van der Waals surface area contributed by atoms with Crippen molar-refractivity contribution in [1.29, 1.82) is 0 Å². The molecule has 14 N–H and O–H groups in total. The quantitative estimate of drug-likeness (QED) is 0.0153. The molecule has 0 aliphatic rings. The fourth-order valence-corrected chi connectivity index (χ4v) is 4.63. The molecule has 0 saturated carbocycles. The Morgan fingerprint density at radius 1 is 0.0769 bits per heavy atom. The molecule has 0 aromatic heterocycles. The molecule has 0 aromatic carbocycles. The fourth-order valence-electron chi connectivity index (χ4n) is 4.63. The Balaban J connectivity index is -0.000000767. The summed E-state index contributed by atoms with van der Waals surface area (Å²) < 4.78 is 9.60. The lowest BCUT2D eigenvalue weighted by Gasteiger charge is -2.08. The van der Waals surface area contributed by atoms with Gasteiger partial charge in [-0.15, -0.1) is 0 Å². The van der Waals surface area contributed by atoms with Gasteiger partial charge in [-0.05, 0) is 0 Å². The maximum absolute atomic E-state index is 7.62. The predicted octanol–water partition coefficient (Wildman–Crippen LogP) is -8.17. The standard InChI is InChI=1S/C52H106O50.7C2H6O2/c1-53-3-5-55-57-7-9-59-61-11-13-63-65-15-17-67-69-19-21-71-73-23-25-75-77-27-29-79-81-31-33-83-85-35-37-87-89-39-41-91-93-43-45-95-97-47-49-99-101-51-52-102-100-50-48-98-96-46-44-94-92-42-40-90-88-38-36-86-84-34-32-82-80-30-28-78-76-26-24-74-72-22-20-70-68-18-16-66-64-14-12-62-60-10-8-58-56-6-4-54-2;7*3-1-2-4/h3-52H2,1-2H3;7*3-4H,1-2H2. The number of rotatable bonds is 106. The van der Waals surface area contributed by atoms with Crippen LogP contribution in [0, 0.1) is 0 Å². The average molecular weight is 1970 g/mol. The zero-order valence-electron chi connectivity index (χ0n) is 73.9. The molecule has 0 rings (SSSR count). The van der Waals surface area contributed by atoms with Crippen LogP contribution in [0.25, 0.3) is 0 Å². The Bertz CT molecular complexity index is 1530. The van der Waals surface area contributed by atoms with Crippen molar-refractivity contribution < 1.29 is 316 Å². The summed E-state index contributed by atoms with van der Waals surface area (Å²) in [5, 5.41) is 107. The van der Waals surface area contributed by atoms with E-state index in [0.29, 0.717) is 26.4 Å². The van der Waals surface area contributed by atoms with Crippen molar-refractivity contribution in [1.82, 2.24) is 0 Å². The van der Waals surface area contributed by atoms with E-state index in [0.717, 1.165) is 0 Å². The topological polar surface area (TPSA) is 745 Å². The summed E-state index contributed by atoms with van der Waals surface area (Å²) in [5.74, 6) is 0. The van der Waals surface area contributed by atoms with Gasteiger partial charge in [0.15, 0.2) is 0 Å². The molecule has 0 amide bonds. The van der Waals surface area contributed by atoms with Gasteiger partial charge in [-0.2, -0.15) is 0 Å². The number of methoxy groups -OCH3 is 2. The molecule has 0 fully saturated rings. The summed E-state index contributed by atoms with van der Waals surface area (Å²) in [6.45, 7) is 4.57. The van der Waals surface area contributed by atoms with Crippen LogP contribution >= 0.6 is 0 Å². The maximum Gasteiger partial charge on any atom is 0.109 e. The van der Waals surface area contributed by atoms with E-state index in [1.54, 1.807) is 14.2 Å². The van der Waals surface area contributed by atoms with Crippen LogP contribution in [0.1, 0.15) is 0 Å². The molecule has 0 aliphatic heterocycles. The average Bonchev–Trinajstić information content (AvgIpc) is 1.11. The van der Waals surface area contributed by atoms with Crippen LogP contribution in [0.4, 0.5) is 0 Å². The van der Waals surface area contributed by atoms with Crippen LogP contribution in [0.3, 0.4) is 0 Å². The predicted molar refractivity (Wildman–Crippen MR) is 409 cm³/mol. The zero-order chi connectivity index (χ0) is 96.6. The summed E-state index contributed by atoms with van der Waals surface area (Å²) >= 11 is 0. The molecule has 0 spiro atoms. The first-order valence-corrected chi connectivity index (χ1v) is 39.7. The van der Waals surface area contributed by atoms with Crippen molar-refractivity contribution in [3.8, 4) is 0 Å². The maximum atomic E-state index is 7.62. The lowest BCUT2D eigenvalue weighted by molar-refractivity contribution is -0.382. The molecule has 0 unspecified atom stereocenters. The summed E-state index contributed by atoms with van der Waals surface area (Å²) in [6, 6.07) is 0. The largest absolute Gasteiger partial charge is 0.394 e. The van der Waals surface area contributed by atoms with Gasteiger partial charge in [0.1, 0.15) is 317 Å². The SMILES string of the molecule is COCCOOCCOOCCOOCCOOCCOOCCOOCCOOCCOOCCOOCCOOCCOOCCOOCCOOCCOOCCOOCCOOCCOOCCOOCCOOCCOOCCOOCCOOCCOOCCOOCCOC.OCCO.OCCO.OCCO.OCCO.OCCO.OCCO.OCCO. The third-order valence-corrected chi connectivity index (χ3v) is 9.19. The van der Waals surface area contributed by atoms with Gasteiger partial charge in [-0.1, -0.05) is 0 Å².